The lowest BCUT2D eigenvalue weighted by atomic mass is 9.86. The minimum absolute atomic E-state index is 0.0938. The fraction of sp³-hybridized carbons (Fsp3) is 0.476. The van der Waals surface area contributed by atoms with E-state index in [0.717, 1.165) is 50.3 Å². The molecule has 2 N–H and O–H groups in total. The highest BCUT2D eigenvalue weighted by Gasteiger charge is 2.21. The van der Waals surface area contributed by atoms with E-state index in [4.69, 9.17) is 5.73 Å². The van der Waals surface area contributed by atoms with Gasteiger partial charge in [0, 0.05) is 56.2 Å². The molecule has 0 spiro atoms. The summed E-state index contributed by atoms with van der Waals surface area (Å²) < 4.78 is 0. The predicted molar refractivity (Wildman–Crippen MR) is 107 cm³/mol. The highest BCUT2D eigenvalue weighted by Crippen LogP contribution is 2.22. The SMILES string of the molecule is CC(C)(C)c1ccc(C(=O)N2CCCN(Cc3cnc(N)nc3)CC2)cc1. The fourth-order valence-corrected chi connectivity index (χ4v) is 3.33. The van der Waals surface area contributed by atoms with Crippen molar-refractivity contribution in [3.63, 3.8) is 0 Å². The molecule has 144 valence electrons. The minimum atomic E-state index is 0.0938. The fourth-order valence-electron chi connectivity index (χ4n) is 3.33. The molecule has 27 heavy (non-hydrogen) atoms. The smallest absolute Gasteiger partial charge is 0.253 e. The zero-order chi connectivity index (χ0) is 19.4. The van der Waals surface area contributed by atoms with Crippen molar-refractivity contribution in [1.29, 1.82) is 0 Å². The molecular formula is C21H29N5O. The molecule has 1 aliphatic heterocycles. The van der Waals surface area contributed by atoms with Crippen molar-refractivity contribution in [2.24, 2.45) is 0 Å². The highest BCUT2D eigenvalue weighted by molar-refractivity contribution is 5.94. The van der Waals surface area contributed by atoms with Crippen LogP contribution in [0.15, 0.2) is 36.7 Å². The lowest BCUT2D eigenvalue weighted by Gasteiger charge is -2.23. The number of rotatable bonds is 3. The van der Waals surface area contributed by atoms with E-state index in [1.807, 2.05) is 17.0 Å². The normalized spacial score (nSPS) is 16.2. The molecule has 6 nitrogen and oxygen atoms in total. The molecule has 1 saturated heterocycles. The van der Waals surface area contributed by atoms with Gasteiger partial charge in [-0.05, 0) is 29.5 Å². The van der Waals surface area contributed by atoms with Crippen LogP contribution >= 0.6 is 0 Å². The lowest BCUT2D eigenvalue weighted by molar-refractivity contribution is 0.0761. The van der Waals surface area contributed by atoms with E-state index in [-0.39, 0.29) is 11.3 Å². The molecule has 3 rings (SSSR count). The summed E-state index contributed by atoms with van der Waals surface area (Å²) in [7, 11) is 0. The van der Waals surface area contributed by atoms with E-state index in [1.54, 1.807) is 12.4 Å². The van der Waals surface area contributed by atoms with Gasteiger partial charge in [-0.3, -0.25) is 9.69 Å². The summed E-state index contributed by atoms with van der Waals surface area (Å²) in [5, 5.41) is 0. The monoisotopic (exact) mass is 367 g/mol. The summed E-state index contributed by atoms with van der Waals surface area (Å²) >= 11 is 0. The maximum Gasteiger partial charge on any atom is 0.253 e. The first-order chi connectivity index (χ1) is 12.8. The molecule has 0 bridgehead atoms. The van der Waals surface area contributed by atoms with Crippen LogP contribution in [-0.2, 0) is 12.0 Å². The Labute approximate surface area is 161 Å². The van der Waals surface area contributed by atoms with Crippen molar-refractivity contribution in [3.8, 4) is 0 Å². The van der Waals surface area contributed by atoms with Crippen LogP contribution in [0.5, 0.6) is 0 Å². The van der Waals surface area contributed by atoms with Crippen molar-refractivity contribution < 1.29 is 4.79 Å². The molecule has 1 amide bonds. The number of nitrogen functional groups attached to an aromatic ring is 1. The summed E-state index contributed by atoms with van der Waals surface area (Å²) in [6, 6.07) is 8.05. The average Bonchev–Trinajstić information content (AvgIpc) is 2.88. The van der Waals surface area contributed by atoms with Gasteiger partial charge < -0.3 is 10.6 Å². The summed E-state index contributed by atoms with van der Waals surface area (Å²) in [4.78, 5) is 25.3. The molecule has 1 aromatic carbocycles. The molecule has 0 unspecified atom stereocenters. The van der Waals surface area contributed by atoms with Crippen LogP contribution in [0.4, 0.5) is 5.95 Å². The first kappa shape index (κ1) is 19.3. The third-order valence-electron chi connectivity index (χ3n) is 5.01. The Morgan fingerprint density at radius 2 is 1.70 bits per heavy atom. The maximum atomic E-state index is 12.9. The van der Waals surface area contributed by atoms with E-state index >= 15 is 0 Å². The largest absolute Gasteiger partial charge is 0.368 e. The lowest BCUT2D eigenvalue weighted by Crippen LogP contribution is -2.35. The molecule has 2 heterocycles. The maximum absolute atomic E-state index is 12.9. The van der Waals surface area contributed by atoms with Crippen molar-refractivity contribution >= 4 is 11.9 Å². The van der Waals surface area contributed by atoms with Crippen LogP contribution in [0.1, 0.15) is 48.7 Å². The molecule has 0 saturated carbocycles. The van der Waals surface area contributed by atoms with E-state index in [2.05, 4.69) is 47.8 Å². The average molecular weight is 367 g/mol. The number of hydrogen-bond donors (Lipinski definition) is 1. The van der Waals surface area contributed by atoms with Gasteiger partial charge in [0.15, 0.2) is 0 Å². The van der Waals surface area contributed by atoms with Crippen LogP contribution in [0.3, 0.4) is 0 Å². The second kappa shape index (κ2) is 8.05. The van der Waals surface area contributed by atoms with Gasteiger partial charge in [-0.2, -0.15) is 0 Å². The van der Waals surface area contributed by atoms with Crippen molar-refractivity contribution in [2.45, 2.75) is 39.2 Å². The zero-order valence-corrected chi connectivity index (χ0v) is 16.5. The van der Waals surface area contributed by atoms with Crippen LogP contribution in [0.25, 0.3) is 0 Å². The van der Waals surface area contributed by atoms with Crippen molar-refractivity contribution in [1.82, 2.24) is 19.8 Å². The number of carbonyl (C=O) groups is 1. The Bertz CT molecular complexity index is 765. The summed E-state index contributed by atoms with van der Waals surface area (Å²) in [5.41, 5.74) is 8.69. The van der Waals surface area contributed by atoms with Gasteiger partial charge in [-0.25, -0.2) is 9.97 Å². The molecule has 0 aliphatic carbocycles. The van der Waals surface area contributed by atoms with Gasteiger partial charge in [0.05, 0.1) is 0 Å². The van der Waals surface area contributed by atoms with Gasteiger partial charge >= 0.3 is 0 Å². The van der Waals surface area contributed by atoms with Crippen LogP contribution in [0, 0.1) is 0 Å². The molecule has 6 heteroatoms. The second-order valence-corrected chi connectivity index (χ2v) is 8.20. The van der Waals surface area contributed by atoms with E-state index in [0.29, 0.717) is 5.95 Å². The summed E-state index contributed by atoms with van der Waals surface area (Å²) in [5.74, 6) is 0.414. The molecular weight excluding hydrogens is 338 g/mol. The highest BCUT2D eigenvalue weighted by atomic mass is 16.2. The first-order valence-corrected chi connectivity index (χ1v) is 9.51. The number of nitrogens with two attached hydrogens (primary N) is 1. The molecule has 0 atom stereocenters. The summed E-state index contributed by atoms with van der Waals surface area (Å²) in [6.07, 6.45) is 4.50. The van der Waals surface area contributed by atoms with Crippen LogP contribution < -0.4 is 5.73 Å². The van der Waals surface area contributed by atoms with Gasteiger partial charge in [-0.1, -0.05) is 32.9 Å². The van der Waals surface area contributed by atoms with Gasteiger partial charge in [0.25, 0.3) is 5.91 Å². The zero-order valence-electron chi connectivity index (χ0n) is 16.5. The van der Waals surface area contributed by atoms with E-state index in [1.165, 1.54) is 5.56 Å². The molecule has 2 aromatic rings. The Hall–Kier alpha value is -2.47. The summed E-state index contributed by atoms with van der Waals surface area (Å²) in [6.45, 7) is 10.6. The predicted octanol–water partition coefficient (Wildman–Crippen LogP) is 2.70. The van der Waals surface area contributed by atoms with Gasteiger partial charge in [0.2, 0.25) is 5.95 Å². The van der Waals surface area contributed by atoms with E-state index in [9.17, 15) is 4.79 Å². The van der Waals surface area contributed by atoms with E-state index < -0.39 is 0 Å². The molecule has 1 aliphatic rings. The Kier molecular flexibility index (Phi) is 5.75. The number of anilines is 1. The third kappa shape index (κ3) is 5.04. The second-order valence-electron chi connectivity index (χ2n) is 8.20. The minimum Gasteiger partial charge on any atom is -0.368 e. The molecule has 1 aromatic heterocycles. The molecule has 0 radical (unpaired) electrons. The Balaban J connectivity index is 1.60. The van der Waals surface area contributed by atoms with Gasteiger partial charge in [0.1, 0.15) is 0 Å². The van der Waals surface area contributed by atoms with Gasteiger partial charge in [-0.15, -0.1) is 0 Å². The number of hydrogen-bond acceptors (Lipinski definition) is 5. The van der Waals surface area contributed by atoms with Crippen molar-refractivity contribution in [2.75, 3.05) is 31.9 Å². The first-order valence-electron chi connectivity index (χ1n) is 9.51. The third-order valence-corrected chi connectivity index (χ3v) is 5.01. The van der Waals surface area contributed by atoms with Crippen LogP contribution in [-0.4, -0.2) is 51.9 Å². The number of carbonyl (C=O) groups excluding carboxylic acids is 1. The van der Waals surface area contributed by atoms with Crippen molar-refractivity contribution in [3.05, 3.63) is 53.3 Å². The standard InChI is InChI=1S/C21H29N5O/c1-21(2,3)18-7-5-17(6-8-18)19(27)26-10-4-9-25(11-12-26)15-16-13-23-20(22)24-14-16/h5-8,13-14H,4,9-12,15H2,1-3H3,(H2,22,23,24). The number of amides is 1. The Morgan fingerprint density at radius 1 is 1.04 bits per heavy atom. The quantitative estimate of drug-likeness (QED) is 0.903. The number of nitrogens with zero attached hydrogens (tertiary/aromatic N) is 4. The number of aromatic nitrogens is 2. The number of benzene rings is 1. The topological polar surface area (TPSA) is 75.4 Å². The molecule has 1 fully saturated rings. The Morgan fingerprint density at radius 3 is 2.33 bits per heavy atom. The van der Waals surface area contributed by atoms with Crippen LogP contribution in [0.2, 0.25) is 0 Å².